The topological polar surface area (TPSA) is 60.8 Å². The average Bonchev–Trinajstić information content (AvgIpc) is 2.56. The third-order valence-electron chi connectivity index (χ3n) is 4.75. The van der Waals surface area contributed by atoms with Crippen molar-refractivity contribution in [3.05, 3.63) is 35.9 Å². The van der Waals surface area contributed by atoms with Gasteiger partial charge in [0.05, 0.1) is 5.60 Å². The molecule has 2 heterocycles. The third-order valence-corrected chi connectivity index (χ3v) is 4.75. The molecule has 0 saturated carbocycles. The lowest BCUT2D eigenvalue weighted by molar-refractivity contribution is -0.136. The minimum absolute atomic E-state index is 0. The highest BCUT2D eigenvalue weighted by Crippen LogP contribution is 2.38. The molecule has 23 heavy (non-hydrogen) atoms. The maximum atomic E-state index is 10.9. The predicted octanol–water partition coefficient (Wildman–Crippen LogP) is 3.43. The molecule has 2 aliphatic heterocycles. The molecule has 0 aliphatic carbocycles. The second-order valence-corrected chi connectivity index (χ2v) is 6.28. The van der Waals surface area contributed by atoms with Crippen molar-refractivity contribution in [2.75, 3.05) is 13.1 Å². The first kappa shape index (κ1) is 19.9. The Kier molecular flexibility index (Phi) is 8.03. The van der Waals surface area contributed by atoms with E-state index in [9.17, 15) is 9.90 Å². The fourth-order valence-corrected chi connectivity index (χ4v) is 3.42. The number of benzene rings is 1. The number of halogens is 1. The number of hydrogen-bond donors (Lipinski definition) is 2. The summed E-state index contributed by atoms with van der Waals surface area (Å²) in [6, 6.07) is 10.8. The van der Waals surface area contributed by atoms with Crippen molar-refractivity contribution in [2.24, 2.45) is 0 Å². The van der Waals surface area contributed by atoms with E-state index in [0.29, 0.717) is 6.04 Å². The number of hydrogen-bond acceptors (Lipinski definition) is 3. The van der Waals surface area contributed by atoms with Crippen molar-refractivity contribution in [3.63, 3.8) is 0 Å². The summed E-state index contributed by atoms with van der Waals surface area (Å²) in [5.74, 6) is -0.745. The number of nitrogens with zero attached hydrogens (tertiary/aromatic N) is 1. The standard InChI is InChI=1S/C15H21NO.C3H6O2.ClH/c17-15(13-6-2-1-3-7-13)9-11-16-10-5-4-8-14(16)12-15;1-2-3(4)5;/h1-3,6-7,14,17H,4-5,8-12H2;2H2,1H3,(H,4,5);1H/t14-,15-;;/m1../s1. The first-order valence-corrected chi connectivity index (χ1v) is 8.29. The number of aliphatic hydroxyl groups is 1. The Balaban J connectivity index is 0.000000390. The van der Waals surface area contributed by atoms with E-state index in [4.69, 9.17) is 5.11 Å². The van der Waals surface area contributed by atoms with Crippen LogP contribution in [-0.2, 0) is 10.4 Å². The lowest BCUT2D eigenvalue weighted by atomic mass is 9.78. The summed E-state index contributed by atoms with van der Waals surface area (Å²) < 4.78 is 0. The van der Waals surface area contributed by atoms with E-state index in [0.717, 1.165) is 24.9 Å². The fraction of sp³-hybridized carbons (Fsp3) is 0.611. The van der Waals surface area contributed by atoms with Gasteiger partial charge >= 0.3 is 5.97 Å². The zero-order valence-corrected chi connectivity index (χ0v) is 14.6. The van der Waals surface area contributed by atoms with Gasteiger partial charge in [0.25, 0.3) is 0 Å². The minimum atomic E-state index is -0.745. The molecule has 0 amide bonds. The Morgan fingerprint density at radius 3 is 2.52 bits per heavy atom. The zero-order valence-electron chi connectivity index (χ0n) is 13.8. The number of aliphatic carboxylic acids is 1. The number of fused-ring (bicyclic) bond motifs is 1. The van der Waals surface area contributed by atoms with Gasteiger partial charge in [-0.2, -0.15) is 0 Å². The molecule has 0 radical (unpaired) electrons. The molecule has 2 atom stereocenters. The molecule has 1 aromatic carbocycles. The van der Waals surface area contributed by atoms with Crippen LogP contribution in [0.15, 0.2) is 30.3 Å². The van der Waals surface area contributed by atoms with E-state index in [2.05, 4.69) is 17.0 Å². The molecule has 2 saturated heterocycles. The van der Waals surface area contributed by atoms with Crippen LogP contribution >= 0.6 is 12.4 Å². The van der Waals surface area contributed by atoms with Gasteiger partial charge < -0.3 is 15.1 Å². The van der Waals surface area contributed by atoms with Crippen molar-refractivity contribution < 1.29 is 15.0 Å². The second kappa shape index (κ2) is 9.26. The molecule has 0 aromatic heterocycles. The summed E-state index contributed by atoms with van der Waals surface area (Å²) in [6.45, 7) is 3.88. The Labute approximate surface area is 144 Å². The number of rotatable bonds is 2. The van der Waals surface area contributed by atoms with Crippen LogP contribution in [-0.4, -0.2) is 40.2 Å². The monoisotopic (exact) mass is 341 g/mol. The van der Waals surface area contributed by atoms with Crippen LogP contribution < -0.4 is 0 Å². The molecule has 0 unspecified atom stereocenters. The smallest absolute Gasteiger partial charge is 0.303 e. The number of carbonyl (C=O) groups is 1. The zero-order chi connectivity index (χ0) is 16.0. The van der Waals surface area contributed by atoms with Gasteiger partial charge in [-0.25, -0.2) is 0 Å². The van der Waals surface area contributed by atoms with E-state index in [1.54, 1.807) is 6.92 Å². The first-order valence-electron chi connectivity index (χ1n) is 8.29. The molecule has 130 valence electrons. The largest absolute Gasteiger partial charge is 0.481 e. The van der Waals surface area contributed by atoms with Crippen molar-refractivity contribution >= 4 is 18.4 Å². The van der Waals surface area contributed by atoms with Gasteiger partial charge in [-0.1, -0.05) is 43.7 Å². The second-order valence-electron chi connectivity index (χ2n) is 6.28. The Morgan fingerprint density at radius 2 is 1.91 bits per heavy atom. The molecular formula is C18H28ClNO3. The molecule has 1 aromatic rings. The summed E-state index contributed by atoms with van der Waals surface area (Å²) in [6.07, 6.45) is 5.94. The lowest BCUT2D eigenvalue weighted by Gasteiger charge is -2.46. The van der Waals surface area contributed by atoms with Crippen LogP contribution in [0, 0.1) is 0 Å². The van der Waals surface area contributed by atoms with Gasteiger partial charge in [0, 0.05) is 19.0 Å². The van der Waals surface area contributed by atoms with Crippen molar-refractivity contribution in [3.8, 4) is 0 Å². The molecule has 0 bridgehead atoms. The summed E-state index contributed by atoms with van der Waals surface area (Å²) in [5.41, 5.74) is 0.518. The Morgan fingerprint density at radius 1 is 1.26 bits per heavy atom. The molecule has 0 spiro atoms. The summed E-state index contributed by atoms with van der Waals surface area (Å²) in [5, 5.41) is 18.6. The number of piperidine rings is 2. The normalized spacial score (nSPS) is 27.0. The van der Waals surface area contributed by atoms with Crippen molar-refractivity contribution in [1.82, 2.24) is 4.90 Å². The molecule has 5 heteroatoms. The van der Waals surface area contributed by atoms with Crippen LogP contribution in [0.2, 0.25) is 0 Å². The highest BCUT2D eigenvalue weighted by Gasteiger charge is 2.39. The lowest BCUT2D eigenvalue weighted by Crippen LogP contribution is -2.50. The van der Waals surface area contributed by atoms with Crippen LogP contribution in [0.3, 0.4) is 0 Å². The summed E-state index contributed by atoms with van der Waals surface area (Å²) >= 11 is 0. The maximum absolute atomic E-state index is 10.9. The van der Waals surface area contributed by atoms with Crippen molar-refractivity contribution in [2.45, 2.75) is 57.1 Å². The van der Waals surface area contributed by atoms with Crippen molar-refractivity contribution in [1.29, 1.82) is 0 Å². The fourth-order valence-electron chi connectivity index (χ4n) is 3.42. The van der Waals surface area contributed by atoms with Crippen LogP contribution in [0.4, 0.5) is 0 Å². The quantitative estimate of drug-likeness (QED) is 0.865. The SMILES string of the molecule is CCC(=O)O.Cl.O[C@]1(c2ccccc2)CCN2CCCC[C@@H]2C1. The third kappa shape index (κ3) is 5.48. The van der Waals surface area contributed by atoms with Gasteiger partial charge in [-0.15, -0.1) is 12.4 Å². The van der Waals surface area contributed by atoms with Gasteiger partial charge in [0.1, 0.15) is 0 Å². The molecular weight excluding hydrogens is 314 g/mol. The average molecular weight is 342 g/mol. The number of carboxylic acid groups (broad SMARTS) is 1. The molecule has 2 fully saturated rings. The van der Waals surface area contributed by atoms with E-state index in [-0.39, 0.29) is 18.8 Å². The van der Waals surface area contributed by atoms with Gasteiger partial charge in [0.2, 0.25) is 0 Å². The molecule has 4 nitrogen and oxygen atoms in total. The van der Waals surface area contributed by atoms with E-state index < -0.39 is 11.6 Å². The summed E-state index contributed by atoms with van der Waals surface area (Å²) in [4.78, 5) is 11.9. The van der Waals surface area contributed by atoms with Gasteiger partial charge in [0.15, 0.2) is 0 Å². The Hall–Kier alpha value is -1.10. The molecule has 2 N–H and O–H groups in total. The summed E-state index contributed by atoms with van der Waals surface area (Å²) in [7, 11) is 0. The van der Waals surface area contributed by atoms with Crippen LogP contribution in [0.25, 0.3) is 0 Å². The maximum Gasteiger partial charge on any atom is 0.303 e. The molecule has 2 aliphatic rings. The van der Waals surface area contributed by atoms with Crippen LogP contribution in [0.5, 0.6) is 0 Å². The Bertz CT molecular complexity index is 482. The van der Waals surface area contributed by atoms with Gasteiger partial charge in [-0.05, 0) is 37.8 Å². The number of carboxylic acids is 1. The van der Waals surface area contributed by atoms with Crippen LogP contribution in [0.1, 0.15) is 51.0 Å². The van der Waals surface area contributed by atoms with E-state index >= 15 is 0 Å². The highest BCUT2D eigenvalue weighted by atomic mass is 35.5. The van der Waals surface area contributed by atoms with E-state index in [1.807, 2.05) is 18.2 Å². The minimum Gasteiger partial charge on any atom is -0.481 e. The molecule has 3 rings (SSSR count). The highest BCUT2D eigenvalue weighted by molar-refractivity contribution is 5.85. The first-order chi connectivity index (χ1) is 10.5. The van der Waals surface area contributed by atoms with E-state index in [1.165, 1.54) is 25.8 Å². The van der Waals surface area contributed by atoms with Gasteiger partial charge in [-0.3, -0.25) is 4.79 Å². The predicted molar refractivity (Wildman–Crippen MR) is 94.0 cm³/mol.